The van der Waals surface area contributed by atoms with Crippen molar-refractivity contribution in [3.8, 4) is 0 Å². The molecule has 5 nitrogen and oxygen atoms in total. The molecule has 0 radical (unpaired) electrons. The van der Waals surface area contributed by atoms with Crippen LogP contribution in [0.4, 0.5) is 4.79 Å². The Bertz CT molecular complexity index is 1070. The molecule has 1 aliphatic rings. The number of benzene rings is 3. The second-order valence-corrected chi connectivity index (χ2v) is 9.28. The topological polar surface area (TPSA) is 58.6 Å². The molecule has 3 aromatic rings. The van der Waals surface area contributed by atoms with E-state index >= 15 is 0 Å². The maximum atomic E-state index is 13.5. The highest BCUT2D eigenvalue weighted by Crippen LogP contribution is 2.44. The van der Waals surface area contributed by atoms with E-state index in [1.54, 1.807) is 0 Å². The number of β-lactam (4-membered cyclic amide) rings is 1. The van der Waals surface area contributed by atoms with Gasteiger partial charge in [-0.15, -0.1) is 0 Å². The Hall–Kier alpha value is -3.60. The molecule has 0 spiro atoms. The molecule has 0 unspecified atom stereocenters. The molecule has 0 saturated carbocycles. The number of hydrogen-bond donors (Lipinski definition) is 1. The molecule has 1 saturated heterocycles. The predicted octanol–water partition coefficient (Wildman–Crippen LogP) is 5.73. The van der Waals surface area contributed by atoms with Crippen molar-refractivity contribution in [1.82, 2.24) is 10.2 Å². The van der Waals surface area contributed by atoms with Gasteiger partial charge in [-0.3, -0.25) is 4.79 Å². The van der Waals surface area contributed by atoms with Crippen molar-refractivity contribution in [3.05, 3.63) is 108 Å². The van der Waals surface area contributed by atoms with Gasteiger partial charge >= 0.3 is 6.09 Å². The minimum Gasteiger partial charge on any atom is -0.445 e. The lowest BCUT2D eigenvalue weighted by Gasteiger charge is -2.50. The summed E-state index contributed by atoms with van der Waals surface area (Å²) in [7, 11) is 0. The van der Waals surface area contributed by atoms with Gasteiger partial charge in [0.15, 0.2) is 0 Å². The van der Waals surface area contributed by atoms with Crippen LogP contribution in [0.1, 0.15) is 43.0 Å². The van der Waals surface area contributed by atoms with Crippen LogP contribution in [0.15, 0.2) is 91.0 Å². The zero-order valence-corrected chi connectivity index (χ0v) is 19.8. The van der Waals surface area contributed by atoms with Crippen LogP contribution in [0.5, 0.6) is 0 Å². The van der Waals surface area contributed by atoms with Gasteiger partial charge in [0.05, 0.1) is 12.0 Å². The van der Waals surface area contributed by atoms with Gasteiger partial charge in [-0.2, -0.15) is 0 Å². The van der Waals surface area contributed by atoms with E-state index in [9.17, 15) is 9.59 Å². The summed E-state index contributed by atoms with van der Waals surface area (Å²) in [5.41, 5.74) is 3.09. The minimum atomic E-state index is -0.490. The summed E-state index contributed by atoms with van der Waals surface area (Å²) in [6.07, 6.45) is 0.204. The molecule has 1 N–H and O–H groups in total. The predicted molar refractivity (Wildman–Crippen MR) is 133 cm³/mol. The molecule has 1 aliphatic heterocycles. The zero-order chi connectivity index (χ0) is 23.9. The second-order valence-electron chi connectivity index (χ2n) is 9.28. The van der Waals surface area contributed by atoms with E-state index < -0.39 is 6.09 Å². The standard InChI is InChI=1S/C29H32N2O3/c1-21(2)18-25(30-29(33)34-20-23-14-8-4-9-15-23)26-27(24-16-10-5-11-17-24)31(28(26)32)19-22-12-6-3-7-13-22/h3-17,21,25-27H,18-20H2,1-2H3,(H,30,33)/t25-,26+,27+/m0/s1. The number of carbonyl (C=O) groups is 2. The number of carbonyl (C=O) groups excluding carboxylic acids is 2. The number of hydrogen-bond acceptors (Lipinski definition) is 3. The smallest absolute Gasteiger partial charge is 0.407 e. The van der Waals surface area contributed by atoms with Crippen molar-refractivity contribution in [1.29, 1.82) is 0 Å². The fourth-order valence-corrected chi connectivity index (χ4v) is 4.68. The Morgan fingerprint density at radius 3 is 2.03 bits per heavy atom. The molecule has 34 heavy (non-hydrogen) atoms. The first-order valence-corrected chi connectivity index (χ1v) is 11.9. The van der Waals surface area contributed by atoms with Gasteiger partial charge < -0.3 is 15.0 Å². The molecule has 1 fully saturated rings. The molecular formula is C29H32N2O3. The highest BCUT2D eigenvalue weighted by atomic mass is 16.5. The Kier molecular flexibility index (Phi) is 7.63. The first kappa shape index (κ1) is 23.6. The summed E-state index contributed by atoms with van der Waals surface area (Å²) in [5, 5.41) is 3.03. The third-order valence-corrected chi connectivity index (χ3v) is 6.26. The van der Waals surface area contributed by atoms with Crippen molar-refractivity contribution >= 4 is 12.0 Å². The summed E-state index contributed by atoms with van der Waals surface area (Å²) < 4.78 is 5.48. The number of nitrogens with one attached hydrogen (secondary N) is 1. The second kappa shape index (κ2) is 11.0. The van der Waals surface area contributed by atoms with Gasteiger partial charge in [-0.05, 0) is 29.0 Å². The third-order valence-electron chi connectivity index (χ3n) is 6.26. The largest absolute Gasteiger partial charge is 0.445 e. The quantitative estimate of drug-likeness (QED) is 0.419. The molecule has 3 aromatic carbocycles. The Labute approximate surface area is 201 Å². The highest BCUT2D eigenvalue weighted by Gasteiger charge is 2.52. The molecule has 4 rings (SSSR count). The minimum absolute atomic E-state index is 0.0618. The summed E-state index contributed by atoms with van der Waals surface area (Å²) in [4.78, 5) is 28.1. The average molecular weight is 457 g/mol. The van der Waals surface area contributed by atoms with E-state index in [0.29, 0.717) is 18.9 Å². The van der Waals surface area contributed by atoms with E-state index in [-0.39, 0.29) is 30.5 Å². The normalized spacial score (nSPS) is 18.3. The number of nitrogens with zero attached hydrogens (tertiary/aromatic N) is 1. The SMILES string of the molecule is CC(C)C[C@H](NC(=O)OCc1ccccc1)[C@H]1C(=O)N(Cc2ccccc2)[C@@H]1c1ccccc1. The maximum absolute atomic E-state index is 13.5. The summed E-state index contributed by atoms with van der Waals surface area (Å²) >= 11 is 0. The highest BCUT2D eigenvalue weighted by molar-refractivity contribution is 5.88. The summed E-state index contributed by atoms with van der Waals surface area (Å²) in [5.74, 6) is 0.0383. The third kappa shape index (κ3) is 5.66. The van der Waals surface area contributed by atoms with Crippen LogP contribution in [0.25, 0.3) is 0 Å². The lowest BCUT2D eigenvalue weighted by Crippen LogP contribution is -2.62. The molecule has 0 bridgehead atoms. The summed E-state index contributed by atoms with van der Waals surface area (Å²) in [6.45, 7) is 4.95. The molecular weight excluding hydrogens is 424 g/mol. The number of likely N-dealkylation sites (tertiary alicyclic amines) is 1. The van der Waals surface area contributed by atoms with Crippen molar-refractivity contribution in [3.63, 3.8) is 0 Å². The van der Waals surface area contributed by atoms with Crippen LogP contribution >= 0.6 is 0 Å². The Morgan fingerprint density at radius 1 is 0.882 bits per heavy atom. The molecule has 176 valence electrons. The van der Waals surface area contributed by atoms with Crippen LogP contribution in [0.2, 0.25) is 0 Å². The molecule has 1 heterocycles. The van der Waals surface area contributed by atoms with E-state index in [1.165, 1.54) is 0 Å². The monoisotopic (exact) mass is 456 g/mol. The van der Waals surface area contributed by atoms with E-state index in [2.05, 4.69) is 31.3 Å². The van der Waals surface area contributed by atoms with E-state index in [4.69, 9.17) is 4.74 Å². The van der Waals surface area contributed by atoms with Crippen molar-refractivity contribution < 1.29 is 14.3 Å². The number of ether oxygens (including phenoxy) is 1. The van der Waals surface area contributed by atoms with Crippen molar-refractivity contribution in [2.75, 3.05) is 0 Å². The fourth-order valence-electron chi connectivity index (χ4n) is 4.68. The van der Waals surface area contributed by atoms with Crippen molar-refractivity contribution in [2.45, 2.75) is 45.5 Å². The van der Waals surface area contributed by atoms with Crippen LogP contribution in [0.3, 0.4) is 0 Å². The maximum Gasteiger partial charge on any atom is 0.407 e. The van der Waals surface area contributed by atoms with Gasteiger partial charge in [0, 0.05) is 12.6 Å². The Morgan fingerprint density at radius 2 is 1.44 bits per heavy atom. The van der Waals surface area contributed by atoms with Crippen molar-refractivity contribution in [2.24, 2.45) is 11.8 Å². The average Bonchev–Trinajstić information content (AvgIpc) is 2.85. The van der Waals surface area contributed by atoms with Crippen LogP contribution in [0, 0.1) is 11.8 Å². The lowest BCUT2D eigenvalue weighted by atomic mass is 9.75. The van der Waals surface area contributed by atoms with Gasteiger partial charge in [0.2, 0.25) is 5.91 Å². The fraction of sp³-hybridized carbons (Fsp3) is 0.310. The molecule has 0 aromatic heterocycles. The molecule has 3 atom stereocenters. The summed E-state index contributed by atoms with van der Waals surface area (Å²) in [6, 6.07) is 29.3. The van der Waals surface area contributed by atoms with E-state index in [0.717, 1.165) is 16.7 Å². The van der Waals surface area contributed by atoms with Crippen LogP contribution < -0.4 is 5.32 Å². The van der Waals surface area contributed by atoms with Gasteiger partial charge in [-0.1, -0.05) is 105 Å². The molecule has 2 amide bonds. The van der Waals surface area contributed by atoms with Crippen LogP contribution in [-0.2, 0) is 22.7 Å². The lowest BCUT2D eigenvalue weighted by molar-refractivity contribution is -0.161. The Balaban J connectivity index is 1.52. The van der Waals surface area contributed by atoms with E-state index in [1.807, 2.05) is 83.8 Å². The van der Waals surface area contributed by atoms with Crippen LogP contribution in [-0.4, -0.2) is 22.9 Å². The van der Waals surface area contributed by atoms with Gasteiger partial charge in [-0.25, -0.2) is 4.79 Å². The van der Waals surface area contributed by atoms with Gasteiger partial charge in [0.1, 0.15) is 6.61 Å². The first-order chi connectivity index (χ1) is 16.5. The zero-order valence-electron chi connectivity index (χ0n) is 19.8. The number of rotatable bonds is 9. The molecule has 5 heteroatoms. The van der Waals surface area contributed by atoms with Gasteiger partial charge in [0.25, 0.3) is 0 Å². The molecule has 0 aliphatic carbocycles. The number of amides is 2. The number of alkyl carbamates (subject to hydrolysis) is 1. The first-order valence-electron chi connectivity index (χ1n) is 11.9.